The smallest absolute Gasteiger partial charge is 0.253 e. The average molecular weight is 282 g/mol. The van der Waals surface area contributed by atoms with E-state index in [0.717, 1.165) is 24.9 Å². The van der Waals surface area contributed by atoms with Gasteiger partial charge in [-0.05, 0) is 37.5 Å². The maximum atomic E-state index is 11.9. The van der Waals surface area contributed by atoms with Crippen LogP contribution in [-0.2, 0) is 0 Å². The zero-order valence-electron chi connectivity index (χ0n) is 11.3. The minimum atomic E-state index is -0.0251. The monoisotopic (exact) mass is 281 g/mol. The number of benzene rings is 1. The summed E-state index contributed by atoms with van der Waals surface area (Å²) in [6.07, 6.45) is 3.02. The van der Waals surface area contributed by atoms with E-state index in [1.807, 2.05) is 6.07 Å². The summed E-state index contributed by atoms with van der Waals surface area (Å²) in [7, 11) is 3.47. The van der Waals surface area contributed by atoms with E-state index >= 15 is 0 Å². The molecule has 4 nitrogen and oxygen atoms in total. The van der Waals surface area contributed by atoms with Crippen LogP contribution in [0.5, 0.6) is 0 Å². The van der Waals surface area contributed by atoms with Gasteiger partial charge in [-0.2, -0.15) is 0 Å². The molecule has 1 aliphatic rings. The number of nitrogens with one attached hydrogen (secondary N) is 1. The molecular weight excluding hydrogens is 262 g/mol. The third kappa shape index (κ3) is 3.39. The first kappa shape index (κ1) is 14.2. The Balaban J connectivity index is 2.15. The number of hydrogen-bond acceptors (Lipinski definition) is 3. The van der Waals surface area contributed by atoms with Gasteiger partial charge in [-0.1, -0.05) is 11.6 Å². The molecule has 1 aliphatic carbocycles. The second-order valence-corrected chi connectivity index (χ2v) is 5.72. The Kier molecular flexibility index (Phi) is 4.32. The first-order chi connectivity index (χ1) is 8.97. The van der Waals surface area contributed by atoms with Gasteiger partial charge in [0.15, 0.2) is 0 Å². The molecule has 1 aromatic carbocycles. The van der Waals surface area contributed by atoms with Crippen molar-refractivity contribution in [3.63, 3.8) is 0 Å². The fourth-order valence-corrected chi connectivity index (χ4v) is 2.57. The summed E-state index contributed by atoms with van der Waals surface area (Å²) < 4.78 is 0. The maximum absolute atomic E-state index is 11.9. The molecule has 2 unspecified atom stereocenters. The third-order valence-electron chi connectivity index (χ3n) is 3.45. The van der Waals surface area contributed by atoms with Gasteiger partial charge in [0.2, 0.25) is 0 Å². The number of anilines is 1. The molecule has 0 heterocycles. The number of amides is 1. The Bertz CT molecular complexity index is 476. The zero-order valence-corrected chi connectivity index (χ0v) is 12.1. The summed E-state index contributed by atoms with van der Waals surface area (Å²) in [6.45, 7) is 0. The Hall–Kier alpha value is -1.26. The molecule has 0 aliphatic heterocycles. The Morgan fingerprint density at radius 1 is 1.42 bits per heavy atom. The number of hydrogen-bond donors (Lipinski definition) is 2. The van der Waals surface area contributed by atoms with E-state index < -0.39 is 0 Å². The molecule has 0 saturated heterocycles. The zero-order chi connectivity index (χ0) is 14.0. The van der Waals surface area contributed by atoms with Crippen LogP contribution in [0.25, 0.3) is 0 Å². The van der Waals surface area contributed by atoms with Crippen LogP contribution in [0.1, 0.15) is 29.6 Å². The molecule has 2 rings (SSSR count). The minimum Gasteiger partial charge on any atom is -0.381 e. The van der Waals surface area contributed by atoms with Crippen LogP contribution < -0.4 is 11.1 Å². The number of halogens is 1. The lowest BCUT2D eigenvalue weighted by Gasteiger charge is -2.17. The van der Waals surface area contributed by atoms with Crippen molar-refractivity contribution < 1.29 is 4.79 Å². The fraction of sp³-hybridized carbons (Fsp3) is 0.500. The second kappa shape index (κ2) is 5.80. The minimum absolute atomic E-state index is 0.0251. The molecular formula is C14H20ClN3O. The van der Waals surface area contributed by atoms with Crippen molar-refractivity contribution in [2.24, 2.45) is 5.73 Å². The average Bonchev–Trinajstić information content (AvgIpc) is 2.76. The highest BCUT2D eigenvalue weighted by molar-refractivity contribution is 6.33. The van der Waals surface area contributed by atoms with Gasteiger partial charge < -0.3 is 16.0 Å². The summed E-state index contributed by atoms with van der Waals surface area (Å²) in [6, 6.07) is 5.93. The van der Waals surface area contributed by atoms with Crippen LogP contribution in [0.15, 0.2) is 18.2 Å². The quantitative estimate of drug-likeness (QED) is 0.894. The molecule has 1 aromatic rings. The summed E-state index contributed by atoms with van der Waals surface area (Å²) in [5.41, 5.74) is 7.35. The highest BCUT2D eigenvalue weighted by Gasteiger charge is 2.22. The molecule has 1 amide bonds. The van der Waals surface area contributed by atoms with Crippen molar-refractivity contribution in [3.8, 4) is 0 Å². The van der Waals surface area contributed by atoms with Crippen LogP contribution in [-0.4, -0.2) is 37.0 Å². The number of carbonyl (C=O) groups excluding carboxylic acids is 1. The topological polar surface area (TPSA) is 58.4 Å². The summed E-state index contributed by atoms with van der Waals surface area (Å²) in [5, 5.41) is 4.03. The van der Waals surface area contributed by atoms with Crippen LogP contribution >= 0.6 is 11.6 Å². The highest BCUT2D eigenvalue weighted by Crippen LogP contribution is 2.28. The molecule has 0 bridgehead atoms. The van der Waals surface area contributed by atoms with E-state index in [2.05, 4.69) is 5.32 Å². The highest BCUT2D eigenvalue weighted by atomic mass is 35.5. The van der Waals surface area contributed by atoms with Gasteiger partial charge >= 0.3 is 0 Å². The third-order valence-corrected chi connectivity index (χ3v) is 3.78. The molecule has 1 saturated carbocycles. The number of nitrogens with zero attached hydrogens (tertiary/aromatic N) is 1. The van der Waals surface area contributed by atoms with Gasteiger partial charge in [-0.15, -0.1) is 0 Å². The maximum Gasteiger partial charge on any atom is 0.253 e. The molecule has 3 N–H and O–H groups in total. The van der Waals surface area contributed by atoms with Crippen LogP contribution in [0.4, 0.5) is 5.69 Å². The molecule has 0 radical (unpaired) electrons. The predicted octanol–water partition coefficient (Wildman–Crippen LogP) is 2.33. The van der Waals surface area contributed by atoms with Crippen LogP contribution in [0.2, 0.25) is 5.02 Å². The molecule has 1 fully saturated rings. The van der Waals surface area contributed by atoms with Crippen molar-refractivity contribution >= 4 is 23.2 Å². The first-order valence-corrected chi connectivity index (χ1v) is 6.88. The van der Waals surface area contributed by atoms with Gasteiger partial charge in [0.25, 0.3) is 5.91 Å². The largest absolute Gasteiger partial charge is 0.381 e. The van der Waals surface area contributed by atoms with E-state index in [1.54, 1.807) is 31.1 Å². The van der Waals surface area contributed by atoms with E-state index in [1.165, 1.54) is 0 Å². The van der Waals surface area contributed by atoms with Gasteiger partial charge in [0.05, 0.1) is 10.7 Å². The van der Waals surface area contributed by atoms with Gasteiger partial charge in [-0.25, -0.2) is 0 Å². The normalized spacial score (nSPS) is 22.3. The molecule has 19 heavy (non-hydrogen) atoms. The predicted molar refractivity (Wildman–Crippen MR) is 78.7 cm³/mol. The van der Waals surface area contributed by atoms with E-state index in [0.29, 0.717) is 16.6 Å². The van der Waals surface area contributed by atoms with E-state index in [4.69, 9.17) is 17.3 Å². The van der Waals surface area contributed by atoms with Crippen LogP contribution in [0.3, 0.4) is 0 Å². The molecule has 0 aromatic heterocycles. The second-order valence-electron chi connectivity index (χ2n) is 5.31. The van der Waals surface area contributed by atoms with Crippen molar-refractivity contribution in [2.45, 2.75) is 31.3 Å². The van der Waals surface area contributed by atoms with Crippen molar-refractivity contribution in [1.29, 1.82) is 0 Å². The lowest BCUT2D eigenvalue weighted by molar-refractivity contribution is 0.0827. The standard InChI is InChI=1S/C14H20ClN3O/c1-18(2)14(19)9-3-6-12(15)13(7-9)17-11-5-4-10(16)8-11/h3,6-7,10-11,17H,4-5,8,16H2,1-2H3. The van der Waals surface area contributed by atoms with Crippen molar-refractivity contribution in [1.82, 2.24) is 4.90 Å². The number of nitrogens with two attached hydrogens (primary N) is 1. The van der Waals surface area contributed by atoms with Gasteiger partial charge in [0.1, 0.15) is 0 Å². The Morgan fingerprint density at radius 3 is 2.74 bits per heavy atom. The lowest BCUT2D eigenvalue weighted by atomic mass is 10.1. The van der Waals surface area contributed by atoms with Crippen molar-refractivity contribution in [3.05, 3.63) is 28.8 Å². The number of rotatable bonds is 3. The van der Waals surface area contributed by atoms with E-state index in [-0.39, 0.29) is 11.9 Å². The van der Waals surface area contributed by atoms with Crippen molar-refractivity contribution in [2.75, 3.05) is 19.4 Å². The fourth-order valence-electron chi connectivity index (χ4n) is 2.39. The Morgan fingerprint density at radius 2 is 2.16 bits per heavy atom. The van der Waals surface area contributed by atoms with Gasteiger partial charge in [-0.3, -0.25) is 4.79 Å². The SMILES string of the molecule is CN(C)C(=O)c1ccc(Cl)c(NC2CCC(N)C2)c1. The van der Waals surface area contributed by atoms with Gasteiger partial charge in [0, 0.05) is 31.7 Å². The lowest BCUT2D eigenvalue weighted by Crippen LogP contribution is -2.23. The van der Waals surface area contributed by atoms with E-state index in [9.17, 15) is 4.79 Å². The Labute approximate surface area is 118 Å². The summed E-state index contributed by atoms with van der Waals surface area (Å²) >= 11 is 6.18. The molecule has 0 spiro atoms. The summed E-state index contributed by atoms with van der Waals surface area (Å²) in [5.74, 6) is -0.0251. The van der Waals surface area contributed by atoms with Crippen LogP contribution in [0, 0.1) is 0 Å². The molecule has 104 valence electrons. The molecule has 5 heteroatoms. The first-order valence-electron chi connectivity index (χ1n) is 6.50. The molecule has 2 atom stereocenters. The number of carbonyl (C=O) groups is 1. The summed E-state index contributed by atoms with van der Waals surface area (Å²) in [4.78, 5) is 13.5.